The summed E-state index contributed by atoms with van der Waals surface area (Å²) >= 11 is 0. The van der Waals surface area contributed by atoms with Crippen LogP contribution in [0.25, 0.3) is 0 Å². The number of benzene rings is 1. The Labute approximate surface area is 125 Å². The van der Waals surface area contributed by atoms with E-state index in [0.717, 1.165) is 22.4 Å². The van der Waals surface area contributed by atoms with Crippen molar-refractivity contribution in [2.24, 2.45) is 0 Å². The molecule has 5 nitrogen and oxygen atoms in total. The van der Waals surface area contributed by atoms with E-state index >= 15 is 0 Å². The van der Waals surface area contributed by atoms with Gasteiger partial charge in [-0.1, -0.05) is 23.8 Å². The van der Waals surface area contributed by atoms with Crippen molar-refractivity contribution < 1.29 is 14.7 Å². The van der Waals surface area contributed by atoms with E-state index in [4.69, 9.17) is 5.11 Å². The highest BCUT2D eigenvalue weighted by atomic mass is 16.4. The summed E-state index contributed by atoms with van der Waals surface area (Å²) in [4.78, 5) is 23.1. The minimum atomic E-state index is -1.05. The summed E-state index contributed by atoms with van der Waals surface area (Å²) in [6.45, 7) is 9.68. The van der Waals surface area contributed by atoms with Crippen molar-refractivity contribution in [1.82, 2.24) is 5.32 Å². The molecule has 21 heavy (non-hydrogen) atoms. The van der Waals surface area contributed by atoms with Crippen LogP contribution in [0.4, 0.5) is 5.69 Å². The third-order valence-electron chi connectivity index (χ3n) is 3.14. The minimum Gasteiger partial charge on any atom is -0.480 e. The normalized spacial score (nSPS) is 11.8. The molecule has 0 saturated carbocycles. The first-order valence-corrected chi connectivity index (χ1v) is 6.80. The Balaban J connectivity index is 2.77. The predicted octanol–water partition coefficient (Wildman–Crippen LogP) is 2.17. The Morgan fingerprint density at radius 3 is 2.33 bits per heavy atom. The van der Waals surface area contributed by atoms with Crippen LogP contribution >= 0.6 is 0 Å². The van der Waals surface area contributed by atoms with Gasteiger partial charge in [-0.3, -0.25) is 9.59 Å². The second-order valence-corrected chi connectivity index (χ2v) is 5.11. The van der Waals surface area contributed by atoms with Crippen LogP contribution in [0.5, 0.6) is 0 Å². The molecule has 0 saturated heterocycles. The van der Waals surface area contributed by atoms with Gasteiger partial charge in [0.15, 0.2) is 0 Å². The van der Waals surface area contributed by atoms with Gasteiger partial charge in [0, 0.05) is 12.2 Å². The first kappa shape index (κ1) is 16.9. The molecule has 114 valence electrons. The summed E-state index contributed by atoms with van der Waals surface area (Å²) in [6, 6.07) is 3.04. The molecular formula is C16H22N2O3. The largest absolute Gasteiger partial charge is 0.480 e. The SMILES string of the molecule is C=CCNC(CC(=O)Nc1c(C)cc(C)cc1C)C(=O)O. The van der Waals surface area contributed by atoms with Gasteiger partial charge in [-0.05, 0) is 31.9 Å². The second-order valence-electron chi connectivity index (χ2n) is 5.11. The van der Waals surface area contributed by atoms with E-state index < -0.39 is 12.0 Å². The molecule has 1 rings (SSSR count). The van der Waals surface area contributed by atoms with E-state index in [0.29, 0.717) is 6.54 Å². The quantitative estimate of drug-likeness (QED) is 0.672. The van der Waals surface area contributed by atoms with Gasteiger partial charge in [-0.15, -0.1) is 6.58 Å². The average molecular weight is 290 g/mol. The van der Waals surface area contributed by atoms with E-state index in [1.165, 1.54) is 0 Å². The number of carboxylic acid groups (broad SMARTS) is 1. The number of anilines is 1. The summed E-state index contributed by atoms with van der Waals surface area (Å²) in [5, 5.41) is 14.6. The van der Waals surface area contributed by atoms with Gasteiger partial charge >= 0.3 is 5.97 Å². The van der Waals surface area contributed by atoms with Crippen LogP contribution in [0.15, 0.2) is 24.8 Å². The number of nitrogens with one attached hydrogen (secondary N) is 2. The fourth-order valence-corrected chi connectivity index (χ4v) is 2.23. The van der Waals surface area contributed by atoms with Crippen LogP contribution in [-0.2, 0) is 9.59 Å². The molecule has 1 unspecified atom stereocenters. The lowest BCUT2D eigenvalue weighted by Crippen LogP contribution is -2.39. The highest BCUT2D eigenvalue weighted by molar-refractivity contribution is 5.95. The molecule has 0 aliphatic carbocycles. The summed E-state index contributed by atoms with van der Waals surface area (Å²) in [6.07, 6.45) is 1.43. The molecule has 0 heterocycles. The molecular weight excluding hydrogens is 268 g/mol. The molecule has 1 amide bonds. The molecule has 1 atom stereocenters. The van der Waals surface area contributed by atoms with Crippen molar-refractivity contribution in [1.29, 1.82) is 0 Å². The number of carboxylic acids is 1. The number of hydrogen-bond donors (Lipinski definition) is 3. The molecule has 3 N–H and O–H groups in total. The van der Waals surface area contributed by atoms with E-state index in [2.05, 4.69) is 17.2 Å². The smallest absolute Gasteiger partial charge is 0.321 e. The number of aliphatic carboxylic acids is 1. The number of hydrogen-bond acceptors (Lipinski definition) is 3. The fourth-order valence-electron chi connectivity index (χ4n) is 2.23. The maximum absolute atomic E-state index is 12.0. The van der Waals surface area contributed by atoms with Crippen molar-refractivity contribution in [2.45, 2.75) is 33.2 Å². The van der Waals surface area contributed by atoms with Gasteiger partial charge in [0.2, 0.25) is 5.91 Å². The van der Waals surface area contributed by atoms with Crippen LogP contribution < -0.4 is 10.6 Å². The van der Waals surface area contributed by atoms with Gasteiger partial charge in [0.25, 0.3) is 0 Å². The van der Waals surface area contributed by atoms with Crippen LogP contribution in [-0.4, -0.2) is 29.6 Å². The third kappa shape index (κ3) is 5.04. The highest BCUT2D eigenvalue weighted by Crippen LogP contribution is 2.22. The zero-order valence-corrected chi connectivity index (χ0v) is 12.7. The number of carbonyl (C=O) groups excluding carboxylic acids is 1. The zero-order chi connectivity index (χ0) is 16.0. The van der Waals surface area contributed by atoms with Gasteiger partial charge in [0.05, 0.1) is 6.42 Å². The Hall–Kier alpha value is -2.14. The van der Waals surface area contributed by atoms with Gasteiger partial charge in [-0.25, -0.2) is 0 Å². The number of amides is 1. The summed E-state index contributed by atoms with van der Waals surface area (Å²) < 4.78 is 0. The Kier molecular flexibility index (Phi) is 6.11. The minimum absolute atomic E-state index is 0.129. The molecule has 1 aromatic carbocycles. The zero-order valence-electron chi connectivity index (χ0n) is 12.7. The van der Waals surface area contributed by atoms with E-state index in [1.54, 1.807) is 6.08 Å². The summed E-state index contributed by atoms with van der Waals surface area (Å²) in [7, 11) is 0. The van der Waals surface area contributed by atoms with Crippen LogP contribution in [0.3, 0.4) is 0 Å². The molecule has 0 spiro atoms. The first-order valence-electron chi connectivity index (χ1n) is 6.80. The molecule has 0 aliphatic rings. The number of aryl methyl sites for hydroxylation is 3. The monoisotopic (exact) mass is 290 g/mol. The second kappa shape index (κ2) is 7.59. The molecule has 0 bridgehead atoms. The standard InChI is InChI=1S/C16H22N2O3/c1-5-6-17-13(16(20)21)9-14(19)18-15-11(3)7-10(2)8-12(15)4/h5,7-8,13,17H,1,6,9H2,2-4H3,(H,18,19)(H,20,21). The Morgan fingerprint density at radius 1 is 1.29 bits per heavy atom. The molecule has 0 aliphatic heterocycles. The van der Waals surface area contributed by atoms with Gasteiger partial charge in [-0.2, -0.15) is 0 Å². The molecule has 1 aromatic rings. The average Bonchev–Trinajstić information content (AvgIpc) is 2.38. The van der Waals surface area contributed by atoms with Gasteiger partial charge < -0.3 is 15.7 Å². The molecule has 0 aromatic heterocycles. The fraction of sp³-hybridized carbons (Fsp3) is 0.375. The van der Waals surface area contributed by atoms with Crippen LogP contribution in [0.1, 0.15) is 23.1 Å². The lowest BCUT2D eigenvalue weighted by molar-refractivity contribution is -0.140. The van der Waals surface area contributed by atoms with Crippen molar-refractivity contribution in [2.75, 3.05) is 11.9 Å². The number of rotatable bonds is 7. The van der Waals surface area contributed by atoms with Crippen LogP contribution in [0, 0.1) is 20.8 Å². The lowest BCUT2D eigenvalue weighted by Gasteiger charge is -2.16. The molecule has 0 fully saturated rings. The number of carbonyl (C=O) groups is 2. The maximum atomic E-state index is 12.0. The van der Waals surface area contributed by atoms with Crippen molar-refractivity contribution in [3.05, 3.63) is 41.5 Å². The lowest BCUT2D eigenvalue weighted by atomic mass is 10.0. The van der Waals surface area contributed by atoms with Crippen molar-refractivity contribution in [3.63, 3.8) is 0 Å². The molecule has 5 heteroatoms. The predicted molar refractivity (Wildman–Crippen MR) is 83.5 cm³/mol. The van der Waals surface area contributed by atoms with Crippen molar-refractivity contribution in [3.8, 4) is 0 Å². The van der Waals surface area contributed by atoms with Gasteiger partial charge in [0.1, 0.15) is 6.04 Å². The maximum Gasteiger partial charge on any atom is 0.321 e. The third-order valence-corrected chi connectivity index (χ3v) is 3.14. The van der Waals surface area contributed by atoms with E-state index in [9.17, 15) is 9.59 Å². The first-order chi connectivity index (χ1) is 9.85. The van der Waals surface area contributed by atoms with E-state index in [1.807, 2.05) is 32.9 Å². The van der Waals surface area contributed by atoms with Crippen molar-refractivity contribution >= 4 is 17.6 Å². The Morgan fingerprint density at radius 2 is 1.86 bits per heavy atom. The Bertz CT molecular complexity index is 529. The topological polar surface area (TPSA) is 78.4 Å². The summed E-state index contributed by atoms with van der Waals surface area (Å²) in [5.41, 5.74) is 3.80. The van der Waals surface area contributed by atoms with E-state index in [-0.39, 0.29) is 12.3 Å². The highest BCUT2D eigenvalue weighted by Gasteiger charge is 2.20. The summed E-state index contributed by atoms with van der Waals surface area (Å²) in [5.74, 6) is -1.38. The van der Waals surface area contributed by atoms with Crippen LogP contribution in [0.2, 0.25) is 0 Å². The molecule has 0 radical (unpaired) electrons.